The third-order valence-electron chi connectivity index (χ3n) is 3.46. The molecule has 6 heteroatoms. The number of amides is 2. The van der Waals surface area contributed by atoms with Crippen molar-refractivity contribution in [2.75, 3.05) is 33.7 Å². The molecule has 1 saturated heterocycles. The smallest absolute Gasteiger partial charge is 0.317 e. The summed E-state index contributed by atoms with van der Waals surface area (Å²) >= 11 is 0. The number of likely N-dealkylation sites (tertiary alicyclic amines) is 1. The van der Waals surface area contributed by atoms with E-state index >= 15 is 0 Å². The Morgan fingerprint density at radius 3 is 2.39 bits per heavy atom. The highest BCUT2D eigenvalue weighted by Gasteiger charge is 2.24. The number of nitrogens with one attached hydrogen (secondary N) is 1. The first-order valence-electron chi connectivity index (χ1n) is 6.33. The first-order valence-corrected chi connectivity index (χ1v) is 6.33. The lowest BCUT2D eigenvalue weighted by molar-refractivity contribution is -0.140. The van der Waals surface area contributed by atoms with E-state index in [1.165, 1.54) is 0 Å². The van der Waals surface area contributed by atoms with Crippen LogP contribution in [0, 0.1) is 5.92 Å². The second kappa shape index (κ2) is 6.58. The number of piperidine rings is 1. The minimum atomic E-state index is -0.887. The molecular formula is C12H23N3O3. The van der Waals surface area contributed by atoms with Crippen molar-refractivity contribution in [3.05, 3.63) is 0 Å². The standard InChI is InChI=1S/C12H23N3O3/c1-9(11(16)17)8-13-12(18)15-6-4-10(5-7-15)14(2)3/h9-10H,4-8H2,1-3H3,(H,13,18)(H,16,17). The molecule has 2 amide bonds. The zero-order chi connectivity index (χ0) is 13.7. The minimum Gasteiger partial charge on any atom is -0.481 e. The first-order chi connectivity index (χ1) is 8.41. The summed E-state index contributed by atoms with van der Waals surface area (Å²) in [6.07, 6.45) is 1.93. The summed E-state index contributed by atoms with van der Waals surface area (Å²) in [7, 11) is 4.10. The molecule has 0 aromatic carbocycles. The highest BCUT2D eigenvalue weighted by atomic mass is 16.4. The number of carboxylic acid groups (broad SMARTS) is 1. The minimum absolute atomic E-state index is 0.152. The Morgan fingerprint density at radius 2 is 1.94 bits per heavy atom. The van der Waals surface area contributed by atoms with Crippen molar-refractivity contribution in [3.63, 3.8) is 0 Å². The number of hydrogen-bond acceptors (Lipinski definition) is 3. The second-order valence-corrected chi connectivity index (χ2v) is 5.11. The van der Waals surface area contributed by atoms with Gasteiger partial charge in [0.05, 0.1) is 5.92 Å². The van der Waals surface area contributed by atoms with Crippen molar-refractivity contribution in [1.29, 1.82) is 0 Å². The van der Waals surface area contributed by atoms with Gasteiger partial charge in [-0.2, -0.15) is 0 Å². The molecular weight excluding hydrogens is 234 g/mol. The summed E-state index contributed by atoms with van der Waals surface area (Å²) in [6.45, 7) is 3.23. The quantitative estimate of drug-likeness (QED) is 0.766. The van der Waals surface area contributed by atoms with Crippen LogP contribution in [0.1, 0.15) is 19.8 Å². The average molecular weight is 257 g/mol. The van der Waals surface area contributed by atoms with E-state index < -0.39 is 11.9 Å². The van der Waals surface area contributed by atoms with Crippen LogP contribution in [0.15, 0.2) is 0 Å². The molecule has 0 spiro atoms. The van der Waals surface area contributed by atoms with Gasteiger partial charge in [0.15, 0.2) is 0 Å². The highest BCUT2D eigenvalue weighted by molar-refractivity contribution is 5.76. The summed E-state index contributed by atoms with van der Waals surface area (Å²) in [4.78, 5) is 26.4. The van der Waals surface area contributed by atoms with Gasteiger partial charge in [0, 0.05) is 25.7 Å². The summed E-state index contributed by atoms with van der Waals surface area (Å²) in [5.41, 5.74) is 0. The van der Waals surface area contributed by atoms with E-state index in [9.17, 15) is 9.59 Å². The molecule has 18 heavy (non-hydrogen) atoms. The maximum atomic E-state index is 11.8. The molecule has 0 aromatic heterocycles. The molecule has 6 nitrogen and oxygen atoms in total. The highest BCUT2D eigenvalue weighted by Crippen LogP contribution is 2.14. The van der Waals surface area contributed by atoms with E-state index in [2.05, 4.69) is 24.3 Å². The van der Waals surface area contributed by atoms with Crippen molar-refractivity contribution in [1.82, 2.24) is 15.1 Å². The van der Waals surface area contributed by atoms with Gasteiger partial charge in [0.25, 0.3) is 0 Å². The molecule has 1 aliphatic rings. The summed E-state index contributed by atoms with van der Waals surface area (Å²) in [5, 5.41) is 11.4. The van der Waals surface area contributed by atoms with Gasteiger partial charge in [-0.05, 0) is 26.9 Å². The number of urea groups is 1. The van der Waals surface area contributed by atoms with Crippen molar-refractivity contribution in [2.45, 2.75) is 25.8 Å². The first kappa shape index (κ1) is 14.8. The molecule has 104 valence electrons. The van der Waals surface area contributed by atoms with Gasteiger partial charge >= 0.3 is 12.0 Å². The number of carboxylic acids is 1. The van der Waals surface area contributed by atoms with Gasteiger partial charge in [0.1, 0.15) is 0 Å². The third-order valence-corrected chi connectivity index (χ3v) is 3.46. The lowest BCUT2D eigenvalue weighted by Crippen LogP contribution is -2.49. The van der Waals surface area contributed by atoms with E-state index in [4.69, 9.17) is 5.11 Å². The fourth-order valence-corrected chi connectivity index (χ4v) is 2.02. The van der Waals surface area contributed by atoms with E-state index in [0.717, 1.165) is 25.9 Å². The summed E-state index contributed by atoms with van der Waals surface area (Å²) < 4.78 is 0. The Bertz CT molecular complexity index is 299. The van der Waals surface area contributed by atoms with Gasteiger partial charge in [0.2, 0.25) is 0 Å². The normalized spacial score (nSPS) is 18.8. The van der Waals surface area contributed by atoms with Crippen LogP contribution in [0.2, 0.25) is 0 Å². The van der Waals surface area contributed by atoms with Crippen molar-refractivity contribution in [2.24, 2.45) is 5.92 Å². The van der Waals surface area contributed by atoms with Gasteiger partial charge in [-0.1, -0.05) is 6.92 Å². The molecule has 1 heterocycles. The topological polar surface area (TPSA) is 72.9 Å². The molecule has 0 saturated carbocycles. The Hall–Kier alpha value is -1.30. The molecule has 1 atom stereocenters. The van der Waals surface area contributed by atoms with Gasteiger partial charge in [-0.15, -0.1) is 0 Å². The molecule has 1 fully saturated rings. The molecule has 1 aliphatic heterocycles. The molecule has 0 aromatic rings. The maximum absolute atomic E-state index is 11.8. The third kappa shape index (κ3) is 4.18. The van der Waals surface area contributed by atoms with Crippen LogP contribution in [0.4, 0.5) is 4.79 Å². The lowest BCUT2D eigenvalue weighted by atomic mass is 10.0. The van der Waals surface area contributed by atoms with Gasteiger partial charge < -0.3 is 20.2 Å². The zero-order valence-electron chi connectivity index (χ0n) is 11.3. The van der Waals surface area contributed by atoms with Crippen LogP contribution < -0.4 is 5.32 Å². The number of carbonyl (C=O) groups excluding carboxylic acids is 1. The number of nitrogens with zero attached hydrogens (tertiary/aromatic N) is 2. The van der Waals surface area contributed by atoms with Gasteiger partial charge in [-0.3, -0.25) is 4.79 Å². The van der Waals surface area contributed by atoms with E-state index in [-0.39, 0.29) is 12.6 Å². The Morgan fingerprint density at radius 1 is 1.39 bits per heavy atom. The lowest BCUT2D eigenvalue weighted by Gasteiger charge is -2.35. The average Bonchev–Trinajstić information content (AvgIpc) is 2.35. The predicted octanol–water partition coefficient (Wildman–Crippen LogP) is 0.443. The largest absolute Gasteiger partial charge is 0.481 e. The molecule has 1 rings (SSSR count). The van der Waals surface area contributed by atoms with E-state index in [1.807, 2.05) is 0 Å². The van der Waals surface area contributed by atoms with Crippen LogP contribution in [-0.2, 0) is 4.79 Å². The van der Waals surface area contributed by atoms with Crippen LogP contribution in [0.3, 0.4) is 0 Å². The monoisotopic (exact) mass is 257 g/mol. The van der Waals surface area contributed by atoms with Crippen LogP contribution in [0.5, 0.6) is 0 Å². The van der Waals surface area contributed by atoms with Crippen LogP contribution in [-0.4, -0.2) is 66.7 Å². The van der Waals surface area contributed by atoms with Crippen LogP contribution in [0.25, 0.3) is 0 Å². The number of aliphatic carboxylic acids is 1. The second-order valence-electron chi connectivity index (χ2n) is 5.11. The van der Waals surface area contributed by atoms with Gasteiger partial charge in [-0.25, -0.2) is 4.79 Å². The predicted molar refractivity (Wildman–Crippen MR) is 68.5 cm³/mol. The molecule has 0 radical (unpaired) electrons. The number of hydrogen-bond donors (Lipinski definition) is 2. The maximum Gasteiger partial charge on any atom is 0.317 e. The van der Waals surface area contributed by atoms with E-state index in [1.54, 1.807) is 11.8 Å². The van der Waals surface area contributed by atoms with E-state index in [0.29, 0.717) is 6.04 Å². The van der Waals surface area contributed by atoms with Crippen molar-refractivity contribution in [3.8, 4) is 0 Å². The van der Waals surface area contributed by atoms with Crippen LogP contribution >= 0.6 is 0 Å². The molecule has 1 unspecified atom stereocenters. The van der Waals surface area contributed by atoms with Crippen molar-refractivity contribution >= 4 is 12.0 Å². The number of rotatable bonds is 4. The SMILES string of the molecule is CC(CNC(=O)N1CCC(N(C)C)CC1)C(=O)O. The molecule has 0 bridgehead atoms. The molecule has 0 aliphatic carbocycles. The Labute approximate surface area is 108 Å². The zero-order valence-corrected chi connectivity index (χ0v) is 11.3. The Kier molecular flexibility index (Phi) is 5.40. The Balaban J connectivity index is 2.30. The summed E-state index contributed by atoms with van der Waals surface area (Å²) in [5.74, 6) is -1.44. The molecule has 2 N–H and O–H groups in total. The summed E-state index contributed by atoms with van der Waals surface area (Å²) in [6, 6.07) is 0.382. The number of carbonyl (C=O) groups is 2. The fraction of sp³-hybridized carbons (Fsp3) is 0.833. The fourth-order valence-electron chi connectivity index (χ4n) is 2.02. The van der Waals surface area contributed by atoms with Crippen molar-refractivity contribution < 1.29 is 14.7 Å².